The van der Waals surface area contributed by atoms with E-state index >= 15 is 0 Å². The average molecular weight is 616 g/mol. The molecule has 0 amide bonds. The summed E-state index contributed by atoms with van der Waals surface area (Å²) in [7, 11) is 0. The summed E-state index contributed by atoms with van der Waals surface area (Å²) >= 11 is 0. The Bertz CT molecular complexity index is 2760. The van der Waals surface area contributed by atoms with Crippen LogP contribution < -0.4 is 0 Å². The van der Waals surface area contributed by atoms with Gasteiger partial charge in [0.15, 0.2) is 11.6 Å². The van der Waals surface area contributed by atoms with Crippen LogP contribution in [-0.2, 0) is 0 Å². The molecule has 224 valence electrons. The van der Waals surface area contributed by atoms with E-state index in [1.807, 2.05) is 85.2 Å². The zero-order valence-electron chi connectivity index (χ0n) is 25.6. The lowest BCUT2D eigenvalue weighted by atomic mass is 10.1. The quantitative estimate of drug-likeness (QED) is 0.197. The summed E-state index contributed by atoms with van der Waals surface area (Å²) in [6, 6.07) is 47.3. The molecule has 7 heteroatoms. The number of fused-ring (bicyclic) bond motifs is 9. The van der Waals surface area contributed by atoms with E-state index < -0.39 is 0 Å². The van der Waals surface area contributed by atoms with Gasteiger partial charge in [-0.25, -0.2) is 4.98 Å². The first-order valence-corrected chi connectivity index (χ1v) is 15.9. The molecule has 0 atom stereocenters. The first kappa shape index (κ1) is 26.5. The van der Waals surface area contributed by atoms with Crippen molar-refractivity contribution in [3.05, 3.63) is 152 Å². The Labute approximate surface area is 274 Å². The number of rotatable bonds is 4. The van der Waals surface area contributed by atoms with Gasteiger partial charge in [0.1, 0.15) is 11.0 Å². The fraction of sp³-hybridized carbons (Fsp3) is 0. The summed E-state index contributed by atoms with van der Waals surface area (Å²) in [6.45, 7) is 0. The minimum atomic E-state index is 0.520. The first-order valence-electron chi connectivity index (χ1n) is 15.9. The van der Waals surface area contributed by atoms with Gasteiger partial charge >= 0.3 is 0 Å². The fourth-order valence-corrected chi connectivity index (χ4v) is 6.94. The summed E-state index contributed by atoms with van der Waals surface area (Å²) in [5.74, 6) is 1.72. The second-order valence-corrected chi connectivity index (χ2v) is 11.8. The number of nitrogens with zero attached hydrogens (tertiary/aromatic N) is 7. The standard InChI is InChI=1S/C41H25N7/c1-4-14-26(15-5-1)39-44-40(27-16-6-2-7-17-27)46-41(45-39)48-34-23-13-11-21-30(34)32-25-42-35-36(38(32)48)43-24-31-29-20-10-12-22-33(29)47(37(31)35)28-18-8-3-9-19-28/h1-25H. The van der Waals surface area contributed by atoms with Gasteiger partial charge in [-0.1, -0.05) is 115 Å². The molecule has 0 N–H and O–H groups in total. The molecule has 0 aliphatic carbocycles. The van der Waals surface area contributed by atoms with E-state index in [9.17, 15) is 0 Å². The van der Waals surface area contributed by atoms with Crippen molar-refractivity contribution in [3.8, 4) is 34.4 Å². The number of hydrogen-bond donors (Lipinski definition) is 0. The summed E-state index contributed by atoms with van der Waals surface area (Å²) in [5, 5.41) is 4.21. The molecule has 5 heterocycles. The van der Waals surface area contributed by atoms with Crippen LogP contribution in [0.25, 0.3) is 89.1 Å². The van der Waals surface area contributed by atoms with Gasteiger partial charge in [-0.2, -0.15) is 9.97 Å². The van der Waals surface area contributed by atoms with Crippen molar-refractivity contribution in [1.82, 2.24) is 34.1 Å². The third-order valence-corrected chi connectivity index (χ3v) is 9.05. The molecule has 7 nitrogen and oxygen atoms in total. The number of hydrogen-bond acceptors (Lipinski definition) is 5. The van der Waals surface area contributed by atoms with Gasteiger partial charge in [-0.3, -0.25) is 14.5 Å². The number of benzene rings is 5. The van der Waals surface area contributed by atoms with E-state index in [4.69, 9.17) is 24.9 Å². The highest BCUT2D eigenvalue weighted by atomic mass is 15.2. The maximum absolute atomic E-state index is 5.17. The zero-order chi connectivity index (χ0) is 31.6. The first-order chi connectivity index (χ1) is 23.8. The van der Waals surface area contributed by atoms with E-state index in [0.29, 0.717) is 17.6 Å². The smallest absolute Gasteiger partial charge is 0.238 e. The minimum Gasteiger partial charge on any atom is -0.307 e. The Morgan fingerprint density at radius 1 is 0.375 bits per heavy atom. The van der Waals surface area contributed by atoms with Gasteiger partial charge in [-0.15, -0.1) is 0 Å². The zero-order valence-corrected chi connectivity index (χ0v) is 25.6. The van der Waals surface area contributed by atoms with Crippen LogP contribution in [0, 0.1) is 0 Å². The molecule has 0 aliphatic rings. The van der Waals surface area contributed by atoms with Crippen LogP contribution in [0.3, 0.4) is 0 Å². The van der Waals surface area contributed by atoms with Crippen molar-refractivity contribution < 1.29 is 0 Å². The molecule has 10 aromatic rings. The van der Waals surface area contributed by atoms with Crippen molar-refractivity contribution in [1.29, 1.82) is 0 Å². The van der Waals surface area contributed by atoms with Gasteiger partial charge < -0.3 is 4.57 Å². The van der Waals surface area contributed by atoms with E-state index in [2.05, 4.69) is 75.9 Å². The van der Waals surface area contributed by atoms with Crippen molar-refractivity contribution in [2.75, 3.05) is 0 Å². The Hall–Kier alpha value is -6.73. The molecular weight excluding hydrogens is 591 g/mol. The molecule has 0 saturated carbocycles. The second-order valence-electron chi connectivity index (χ2n) is 11.8. The molecule has 0 bridgehead atoms. The third-order valence-electron chi connectivity index (χ3n) is 9.05. The molecule has 10 rings (SSSR count). The normalized spacial score (nSPS) is 11.8. The molecule has 0 spiro atoms. The van der Waals surface area contributed by atoms with Crippen LogP contribution in [0.15, 0.2) is 152 Å². The molecule has 0 radical (unpaired) electrons. The van der Waals surface area contributed by atoms with Crippen molar-refractivity contribution in [2.45, 2.75) is 0 Å². The van der Waals surface area contributed by atoms with Crippen LogP contribution in [0.4, 0.5) is 0 Å². The summed E-state index contributed by atoms with van der Waals surface area (Å²) < 4.78 is 4.42. The SMILES string of the molecule is c1ccc(-c2nc(-c3ccccc3)nc(-n3c4ccccc4c4cnc5c(ncc6c7ccccc7n(-c7ccccc7)c65)c43)n2)cc1. The van der Waals surface area contributed by atoms with E-state index in [1.165, 1.54) is 0 Å². The summed E-state index contributed by atoms with van der Waals surface area (Å²) in [5.41, 5.74) is 8.47. The number of pyridine rings is 2. The molecule has 0 aliphatic heterocycles. The lowest BCUT2D eigenvalue weighted by Gasteiger charge is -2.12. The minimum absolute atomic E-state index is 0.520. The monoisotopic (exact) mass is 615 g/mol. The Kier molecular flexibility index (Phi) is 5.74. The maximum Gasteiger partial charge on any atom is 0.238 e. The molecule has 0 saturated heterocycles. The molecule has 0 fully saturated rings. The van der Waals surface area contributed by atoms with Crippen molar-refractivity contribution in [2.24, 2.45) is 0 Å². The van der Waals surface area contributed by atoms with Gasteiger partial charge in [-0.05, 0) is 24.3 Å². The predicted molar refractivity (Wildman–Crippen MR) is 192 cm³/mol. The Morgan fingerprint density at radius 2 is 0.812 bits per heavy atom. The molecule has 5 aromatic heterocycles. The highest BCUT2D eigenvalue weighted by molar-refractivity contribution is 6.23. The lowest BCUT2D eigenvalue weighted by Crippen LogP contribution is -2.07. The van der Waals surface area contributed by atoms with Crippen molar-refractivity contribution in [3.63, 3.8) is 0 Å². The van der Waals surface area contributed by atoms with E-state index in [-0.39, 0.29) is 0 Å². The Morgan fingerprint density at radius 3 is 1.35 bits per heavy atom. The van der Waals surface area contributed by atoms with Crippen LogP contribution in [0.1, 0.15) is 0 Å². The lowest BCUT2D eigenvalue weighted by molar-refractivity contribution is 0.954. The summed E-state index contributed by atoms with van der Waals surface area (Å²) in [4.78, 5) is 25.5. The van der Waals surface area contributed by atoms with Gasteiger partial charge in [0.25, 0.3) is 0 Å². The Balaban J connectivity index is 1.36. The molecular formula is C41H25N7. The van der Waals surface area contributed by atoms with Gasteiger partial charge in [0.05, 0.1) is 22.1 Å². The van der Waals surface area contributed by atoms with Crippen LogP contribution in [-0.4, -0.2) is 34.1 Å². The highest BCUT2D eigenvalue weighted by Crippen LogP contribution is 2.40. The van der Waals surface area contributed by atoms with E-state index in [0.717, 1.165) is 71.5 Å². The number of para-hydroxylation sites is 3. The van der Waals surface area contributed by atoms with Crippen LogP contribution in [0.2, 0.25) is 0 Å². The van der Waals surface area contributed by atoms with Gasteiger partial charge in [0.2, 0.25) is 5.95 Å². The topological polar surface area (TPSA) is 74.3 Å². The summed E-state index contributed by atoms with van der Waals surface area (Å²) in [6.07, 6.45) is 3.96. The van der Waals surface area contributed by atoms with Crippen molar-refractivity contribution >= 4 is 54.6 Å². The van der Waals surface area contributed by atoms with E-state index in [1.54, 1.807) is 0 Å². The number of aromatic nitrogens is 7. The fourth-order valence-electron chi connectivity index (χ4n) is 6.94. The highest BCUT2D eigenvalue weighted by Gasteiger charge is 2.23. The van der Waals surface area contributed by atoms with Gasteiger partial charge in [0, 0.05) is 50.8 Å². The second kappa shape index (κ2) is 10.4. The molecule has 0 unspecified atom stereocenters. The van der Waals surface area contributed by atoms with Crippen LogP contribution in [0.5, 0.6) is 0 Å². The largest absolute Gasteiger partial charge is 0.307 e. The predicted octanol–water partition coefficient (Wildman–Crippen LogP) is 9.34. The van der Waals surface area contributed by atoms with Crippen LogP contribution >= 0.6 is 0 Å². The molecule has 48 heavy (non-hydrogen) atoms. The average Bonchev–Trinajstić information content (AvgIpc) is 3.69. The molecule has 5 aromatic carbocycles. The maximum atomic E-state index is 5.17. The third kappa shape index (κ3) is 3.91.